The van der Waals surface area contributed by atoms with Gasteiger partial charge in [0, 0.05) is 19.1 Å². The molecule has 1 unspecified atom stereocenters. The molecule has 22 heavy (non-hydrogen) atoms. The number of carbonyl (C=O) groups is 1. The van der Waals surface area contributed by atoms with E-state index in [4.69, 9.17) is 0 Å². The van der Waals surface area contributed by atoms with Crippen molar-refractivity contribution >= 4 is 5.91 Å². The predicted molar refractivity (Wildman–Crippen MR) is 78.1 cm³/mol. The summed E-state index contributed by atoms with van der Waals surface area (Å²) in [6.45, 7) is 5.31. The molecule has 0 aliphatic carbocycles. The van der Waals surface area contributed by atoms with Crippen LogP contribution in [-0.2, 0) is 17.5 Å². The van der Waals surface area contributed by atoms with Crippen molar-refractivity contribution in [2.45, 2.75) is 31.6 Å². The Labute approximate surface area is 127 Å². The molecule has 1 N–H and O–H groups in total. The second-order valence-electron chi connectivity index (χ2n) is 5.49. The summed E-state index contributed by atoms with van der Waals surface area (Å²) in [6.07, 6.45) is -1.32. The van der Waals surface area contributed by atoms with Crippen LogP contribution in [0.1, 0.15) is 24.0 Å². The Balaban J connectivity index is 1.98. The molecule has 0 aromatic heterocycles. The van der Waals surface area contributed by atoms with Crippen LogP contribution in [-0.4, -0.2) is 29.9 Å². The average Bonchev–Trinajstić information content (AvgIpc) is 2.47. The Hall–Kier alpha value is -1.82. The molecule has 3 nitrogen and oxygen atoms in total. The molecule has 1 fully saturated rings. The van der Waals surface area contributed by atoms with Gasteiger partial charge in [0.05, 0.1) is 5.56 Å². The van der Waals surface area contributed by atoms with E-state index in [0.29, 0.717) is 18.7 Å². The second-order valence-corrected chi connectivity index (χ2v) is 5.49. The van der Waals surface area contributed by atoms with Gasteiger partial charge >= 0.3 is 6.18 Å². The van der Waals surface area contributed by atoms with E-state index in [1.807, 2.05) is 0 Å². The lowest BCUT2D eigenvalue weighted by atomic mass is 10.0. The van der Waals surface area contributed by atoms with Crippen LogP contribution >= 0.6 is 0 Å². The summed E-state index contributed by atoms with van der Waals surface area (Å²) < 4.78 is 38.2. The van der Waals surface area contributed by atoms with Gasteiger partial charge in [-0.1, -0.05) is 24.8 Å². The van der Waals surface area contributed by atoms with E-state index in [9.17, 15) is 18.0 Å². The number of amides is 1. The topological polar surface area (TPSA) is 32.3 Å². The third-order valence-corrected chi connectivity index (χ3v) is 3.70. The first-order valence-electron chi connectivity index (χ1n) is 7.20. The van der Waals surface area contributed by atoms with Crippen molar-refractivity contribution in [2.75, 3.05) is 13.1 Å². The standard InChI is InChI=1S/C16H19F3N2O/c1-2-15(22)20-14-7-4-8-21(11-14)10-12-5-3-6-13(9-12)16(17,18)19/h2-3,5-6,9,14H,1,4,7-8,10-11H2,(H,20,22). The van der Waals surface area contributed by atoms with Gasteiger partial charge in [-0.25, -0.2) is 0 Å². The number of nitrogens with one attached hydrogen (secondary N) is 1. The average molecular weight is 312 g/mol. The lowest BCUT2D eigenvalue weighted by molar-refractivity contribution is -0.137. The maximum absolute atomic E-state index is 12.7. The number of nitrogens with zero attached hydrogens (tertiary/aromatic N) is 1. The summed E-state index contributed by atoms with van der Waals surface area (Å²) in [5.74, 6) is -0.217. The number of rotatable bonds is 4. The number of alkyl halides is 3. The van der Waals surface area contributed by atoms with Crippen molar-refractivity contribution < 1.29 is 18.0 Å². The molecular formula is C16H19F3N2O. The Morgan fingerprint density at radius 2 is 2.23 bits per heavy atom. The monoisotopic (exact) mass is 312 g/mol. The highest BCUT2D eigenvalue weighted by molar-refractivity contribution is 5.87. The molecule has 2 rings (SSSR count). The van der Waals surface area contributed by atoms with E-state index in [-0.39, 0.29) is 11.9 Å². The summed E-state index contributed by atoms with van der Waals surface area (Å²) >= 11 is 0. The third-order valence-electron chi connectivity index (χ3n) is 3.70. The molecule has 1 aromatic rings. The number of hydrogen-bond donors (Lipinski definition) is 1. The number of halogens is 3. The molecule has 1 amide bonds. The molecule has 6 heteroatoms. The molecule has 1 saturated heterocycles. The normalized spacial score (nSPS) is 19.7. The van der Waals surface area contributed by atoms with Crippen LogP contribution in [0, 0.1) is 0 Å². The largest absolute Gasteiger partial charge is 0.416 e. The Kier molecular flexibility index (Phi) is 5.24. The zero-order valence-corrected chi connectivity index (χ0v) is 12.2. The molecule has 1 atom stereocenters. The van der Waals surface area contributed by atoms with E-state index >= 15 is 0 Å². The molecule has 0 saturated carbocycles. The van der Waals surface area contributed by atoms with Crippen LogP contribution in [0.25, 0.3) is 0 Å². The molecular weight excluding hydrogens is 293 g/mol. The predicted octanol–water partition coefficient (Wildman–Crippen LogP) is 2.97. The van der Waals surface area contributed by atoms with Crippen LogP contribution in [0.5, 0.6) is 0 Å². The fourth-order valence-electron chi connectivity index (χ4n) is 2.68. The minimum atomic E-state index is -4.32. The number of piperidine rings is 1. The van der Waals surface area contributed by atoms with E-state index in [1.54, 1.807) is 6.07 Å². The highest BCUT2D eigenvalue weighted by atomic mass is 19.4. The van der Waals surface area contributed by atoms with Crippen molar-refractivity contribution in [3.05, 3.63) is 48.0 Å². The van der Waals surface area contributed by atoms with E-state index < -0.39 is 11.7 Å². The quantitative estimate of drug-likeness (QED) is 0.867. The molecule has 0 spiro atoms. The zero-order valence-electron chi connectivity index (χ0n) is 12.2. The van der Waals surface area contributed by atoms with Gasteiger partial charge in [0.25, 0.3) is 0 Å². The Bertz CT molecular complexity index is 542. The fraction of sp³-hybridized carbons (Fsp3) is 0.438. The summed E-state index contributed by atoms with van der Waals surface area (Å²) in [5.41, 5.74) is 0.00374. The van der Waals surface area contributed by atoms with Gasteiger partial charge in [-0.15, -0.1) is 0 Å². The second kappa shape index (κ2) is 6.96. The summed E-state index contributed by atoms with van der Waals surface area (Å²) in [4.78, 5) is 13.4. The molecule has 0 radical (unpaired) electrons. The number of hydrogen-bond acceptors (Lipinski definition) is 2. The molecule has 1 heterocycles. The molecule has 1 aromatic carbocycles. The van der Waals surface area contributed by atoms with Gasteiger partial charge in [0.1, 0.15) is 0 Å². The number of carbonyl (C=O) groups excluding carboxylic acids is 1. The van der Waals surface area contributed by atoms with E-state index in [0.717, 1.165) is 25.5 Å². The zero-order chi connectivity index (χ0) is 16.2. The fourth-order valence-corrected chi connectivity index (χ4v) is 2.68. The summed E-state index contributed by atoms with van der Waals surface area (Å²) in [7, 11) is 0. The molecule has 120 valence electrons. The van der Waals surface area contributed by atoms with E-state index in [2.05, 4.69) is 16.8 Å². The maximum Gasteiger partial charge on any atom is 0.416 e. The minimum absolute atomic E-state index is 0.0186. The van der Waals surface area contributed by atoms with Crippen molar-refractivity contribution in [1.29, 1.82) is 0 Å². The Morgan fingerprint density at radius 1 is 1.45 bits per heavy atom. The van der Waals surface area contributed by atoms with Gasteiger partial charge in [-0.2, -0.15) is 13.2 Å². The summed E-state index contributed by atoms with van der Waals surface area (Å²) in [5, 5.41) is 2.84. The first-order chi connectivity index (χ1) is 10.4. The van der Waals surface area contributed by atoms with Crippen LogP contribution in [0.15, 0.2) is 36.9 Å². The van der Waals surface area contributed by atoms with Gasteiger partial charge in [0.2, 0.25) is 5.91 Å². The van der Waals surface area contributed by atoms with Crippen LogP contribution in [0.4, 0.5) is 13.2 Å². The molecule has 1 aliphatic heterocycles. The summed E-state index contributed by atoms with van der Waals surface area (Å²) in [6, 6.07) is 5.41. The number of benzene rings is 1. The SMILES string of the molecule is C=CC(=O)NC1CCCN(Cc2cccc(C(F)(F)F)c2)C1. The third kappa shape index (κ3) is 4.59. The molecule has 0 bridgehead atoms. The van der Waals surface area contributed by atoms with Crippen LogP contribution < -0.4 is 5.32 Å². The Morgan fingerprint density at radius 3 is 2.91 bits per heavy atom. The van der Waals surface area contributed by atoms with Crippen molar-refractivity contribution in [1.82, 2.24) is 10.2 Å². The smallest absolute Gasteiger partial charge is 0.349 e. The highest BCUT2D eigenvalue weighted by Crippen LogP contribution is 2.29. The van der Waals surface area contributed by atoms with Crippen LogP contribution in [0.3, 0.4) is 0 Å². The first-order valence-corrected chi connectivity index (χ1v) is 7.20. The van der Waals surface area contributed by atoms with Gasteiger partial charge in [0.15, 0.2) is 0 Å². The van der Waals surface area contributed by atoms with Crippen molar-refractivity contribution in [3.8, 4) is 0 Å². The van der Waals surface area contributed by atoms with E-state index in [1.165, 1.54) is 18.2 Å². The lowest BCUT2D eigenvalue weighted by Gasteiger charge is -2.33. The maximum atomic E-state index is 12.7. The highest BCUT2D eigenvalue weighted by Gasteiger charge is 2.30. The van der Waals surface area contributed by atoms with Gasteiger partial charge < -0.3 is 5.32 Å². The molecule has 1 aliphatic rings. The number of likely N-dealkylation sites (tertiary alicyclic amines) is 1. The van der Waals surface area contributed by atoms with Crippen molar-refractivity contribution in [3.63, 3.8) is 0 Å². The first kappa shape index (κ1) is 16.5. The van der Waals surface area contributed by atoms with Gasteiger partial charge in [-0.3, -0.25) is 9.69 Å². The van der Waals surface area contributed by atoms with Crippen molar-refractivity contribution in [2.24, 2.45) is 0 Å². The lowest BCUT2D eigenvalue weighted by Crippen LogP contribution is -2.46. The minimum Gasteiger partial charge on any atom is -0.349 e. The van der Waals surface area contributed by atoms with Crippen LogP contribution in [0.2, 0.25) is 0 Å². The van der Waals surface area contributed by atoms with Gasteiger partial charge in [-0.05, 0) is 37.1 Å².